The summed E-state index contributed by atoms with van der Waals surface area (Å²) in [6.45, 7) is 10.1. The molecule has 35 heavy (non-hydrogen) atoms. The lowest BCUT2D eigenvalue weighted by Gasteiger charge is -2.56. The summed E-state index contributed by atoms with van der Waals surface area (Å²) in [5.41, 5.74) is 0.604. The van der Waals surface area contributed by atoms with E-state index in [4.69, 9.17) is 18.9 Å². The number of aliphatic hydroxyl groups excluding tert-OH is 1. The first-order valence-corrected chi connectivity index (χ1v) is 12.2. The Balaban J connectivity index is 1.71. The van der Waals surface area contributed by atoms with Crippen molar-refractivity contribution in [2.75, 3.05) is 13.2 Å². The minimum absolute atomic E-state index is 0.00604. The van der Waals surface area contributed by atoms with Crippen LogP contribution in [-0.2, 0) is 33.3 Å². The van der Waals surface area contributed by atoms with Gasteiger partial charge in [0.15, 0.2) is 6.10 Å². The second-order valence-corrected chi connectivity index (χ2v) is 10.3. The number of esters is 3. The summed E-state index contributed by atoms with van der Waals surface area (Å²) in [5, 5.41) is 10.6. The van der Waals surface area contributed by atoms with Crippen LogP contribution >= 0.6 is 0 Å². The molecule has 2 heterocycles. The highest BCUT2D eigenvalue weighted by Gasteiger charge is 2.68. The van der Waals surface area contributed by atoms with E-state index >= 15 is 0 Å². The van der Waals surface area contributed by atoms with E-state index in [0.29, 0.717) is 12.8 Å². The van der Waals surface area contributed by atoms with E-state index in [1.165, 1.54) is 29.9 Å². The molecule has 1 saturated heterocycles. The van der Waals surface area contributed by atoms with Gasteiger partial charge in [-0.15, -0.1) is 0 Å². The van der Waals surface area contributed by atoms with Gasteiger partial charge in [-0.3, -0.25) is 0 Å². The molecule has 2 fully saturated rings. The maximum atomic E-state index is 12.9. The molecule has 2 bridgehead atoms. The Kier molecular flexibility index (Phi) is 7.06. The summed E-state index contributed by atoms with van der Waals surface area (Å²) >= 11 is 0. The fourth-order valence-electron chi connectivity index (χ4n) is 5.84. The lowest BCUT2D eigenvalue weighted by Crippen LogP contribution is -2.60. The van der Waals surface area contributed by atoms with Crippen molar-refractivity contribution in [2.45, 2.75) is 70.9 Å². The van der Waals surface area contributed by atoms with Gasteiger partial charge >= 0.3 is 17.9 Å². The number of allylic oxidation sites excluding steroid dienone is 3. The number of aliphatic hydroxyl groups is 1. The molecule has 0 aromatic heterocycles. The predicted molar refractivity (Wildman–Crippen MR) is 126 cm³/mol. The Morgan fingerprint density at radius 1 is 1.11 bits per heavy atom. The Morgan fingerprint density at radius 2 is 1.83 bits per heavy atom. The zero-order chi connectivity index (χ0) is 25.4. The Hall–Kier alpha value is -2.71. The van der Waals surface area contributed by atoms with E-state index in [2.05, 4.69) is 12.7 Å². The Morgan fingerprint density at radius 3 is 2.57 bits per heavy atom. The first kappa shape index (κ1) is 25.4. The summed E-state index contributed by atoms with van der Waals surface area (Å²) in [6.07, 6.45) is 7.01. The second kappa shape index (κ2) is 9.74. The van der Waals surface area contributed by atoms with E-state index in [1.54, 1.807) is 6.92 Å². The summed E-state index contributed by atoms with van der Waals surface area (Å²) in [5.74, 6) is -2.36. The van der Waals surface area contributed by atoms with Crippen molar-refractivity contribution in [1.82, 2.24) is 0 Å². The molecule has 190 valence electrons. The Bertz CT molecular complexity index is 993. The largest absolute Gasteiger partial charge is 0.463 e. The van der Waals surface area contributed by atoms with Crippen molar-refractivity contribution in [1.29, 1.82) is 0 Å². The molecule has 2 aliphatic heterocycles. The van der Waals surface area contributed by atoms with Gasteiger partial charge in [-0.2, -0.15) is 0 Å². The average molecular weight is 487 g/mol. The van der Waals surface area contributed by atoms with E-state index in [9.17, 15) is 19.5 Å². The van der Waals surface area contributed by atoms with Crippen LogP contribution in [0.25, 0.3) is 0 Å². The fraction of sp³-hybridized carbons (Fsp3) is 0.593. The number of rotatable bonds is 0. The van der Waals surface area contributed by atoms with Gasteiger partial charge in [0.2, 0.25) is 0 Å². The van der Waals surface area contributed by atoms with Crippen LogP contribution in [0.2, 0.25) is 0 Å². The van der Waals surface area contributed by atoms with E-state index in [-0.39, 0.29) is 31.8 Å². The van der Waals surface area contributed by atoms with Crippen molar-refractivity contribution >= 4 is 17.9 Å². The molecule has 0 aromatic rings. The third kappa shape index (κ3) is 4.49. The van der Waals surface area contributed by atoms with Gasteiger partial charge in [0.1, 0.15) is 12.7 Å². The fourth-order valence-corrected chi connectivity index (χ4v) is 5.84. The monoisotopic (exact) mass is 486 g/mol. The second-order valence-electron chi connectivity index (χ2n) is 10.3. The van der Waals surface area contributed by atoms with Crippen LogP contribution < -0.4 is 0 Å². The van der Waals surface area contributed by atoms with Crippen LogP contribution in [0.15, 0.2) is 48.1 Å². The topological polar surface area (TPSA) is 108 Å². The van der Waals surface area contributed by atoms with Crippen LogP contribution in [0, 0.1) is 16.7 Å². The van der Waals surface area contributed by atoms with Crippen molar-refractivity contribution < 1.29 is 38.4 Å². The molecule has 2 aliphatic carbocycles. The minimum atomic E-state index is -1.37. The van der Waals surface area contributed by atoms with E-state index in [1.807, 2.05) is 13.8 Å². The third-order valence-electron chi connectivity index (χ3n) is 8.32. The SMILES string of the molecule is C=C1[C@H]2C[C@H]3OC(=O)/C=C/C=C/C(=O)OCC[C@@H](C)[C@H](O)C(=O)OC[C@@]4(CCC(C)=C[C@H]4O2)[C@]13C. The van der Waals surface area contributed by atoms with Gasteiger partial charge in [0, 0.05) is 29.4 Å². The third-order valence-corrected chi connectivity index (χ3v) is 8.32. The number of carbonyl (C=O) groups excluding carboxylic acids is 3. The molecule has 1 spiro atoms. The van der Waals surface area contributed by atoms with Gasteiger partial charge < -0.3 is 24.1 Å². The van der Waals surface area contributed by atoms with Crippen LogP contribution in [-0.4, -0.2) is 60.6 Å². The summed E-state index contributed by atoms with van der Waals surface area (Å²) in [4.78, 5) is 37.4. The Labute approximate surface area is 205 Å². The first-order valence-electron chi connectivity index (χ1n) is 12.2. The van der Waals surface area contributed by atoms with Crippen LogP contribution in [0.1, 0.15) is 46.5 Å². The molecular weight excluding hydrogens is 452 g/mol. The lowest BCUT2D eigenvalue weighted by atomic mass is 9.53. The van der Waals surface area contributed by atoms with Crippen LogP contribution in [0.3, 0.4) is 0 Å². The number of cyclic esters (lactones) is 2. The maximum absolute atomic E-state index is 12.9. The van der Waals surface area contributed by atoms with Gasteiger partial charge in [-0.1, -0.05) is 44.2 Å². The highest BCUT2D eigenvalue weighted by molar-refractivity contribution is 5.84. The first-order chi connectivity index (χ1) is 16.6. The summed E-state index contributed by atoms with van der Waals surface area (Å²) < 4.78 is 23.2. The normalized spacial score (nSPS) is 42.4. The van der Waals surface area contributed by atoms with Crippen molar-refractivity contribution in [3.8, 4) is 0 Å². The molecule has 0 amide bonds. The molecule has 0 radical (unpaired) electrons. The standard InChI is InChI=1S/C27H34O8/c1-16-9-11-27-15-33-25(31)24(30)17(2)10-12-32-22(28)7-5-6-8-23(29)35-20-14-19(34-21(27)13-16)18(3)26(20,27)4/h5-8,13,17,19-21,24,30H,3,9-12,14-15H2,1-2,4H3/b7-5+,8-6+/t17-,19-,20-,21-,24+,26-,27-/m1/s1. The smallest absolute Gasteiger partial charge is 0.335 e. The van der Waals surface area contributed by atoms with Crippen molar-refractivity contribution in [2.24, 2.45) is 16.7 Å². The molecule has 8 heteroatoms. The predicted octanol–water partition coefficient (Wildman–Crippen LogP) is 2.96. The van der Waals surface area contributed by atoms with Gasteiger partial charge in [-0.25, -0.2) is 14.4 Å². The molecule has 0 aromatic carbocycles. The highest BCUT2D eigenvalue weighted by atomic mass is 16.6. The molecular formula is C27H34O8. The maximum Gasteiger partial charge on any atom is 0.335 e. The number of carbonyl (C=O) groups is 3. The molecule has 8 nitrogen and oxygen atoms in total. The summed E-state index contributed by atoms with van der Waals surface area (Å²) in [7, 11) is 0. The molecule has 1 saturated carbocycles. The van der Waals surface area contributed by atoms with Crippen molar-refractivity contribution in [3.63, 3.8) is 0 Å². The number of hydrogen-bond acceptors (Lipinski definition) is 8. The van der Waals surface area contributed by atoms with E-state index in [0.717, 1.165) is 12.0 Å². The highest BCUT2D eigenvalue weighted by Crippen LogP contribution is 2.65. The molecule has 4 rings (SSSR count). The quantitative estimate of drug-likeness (QED) is 0.316. The zero-order valence-electron chi connectivity index (χ0n) is 20.5. The lowest BCUT2D eigenvalue weighted by molar-refractivity contribution is -0.189. The van der Waals surface area contributed by atoms with Gasteiger partial charge in [-0.05, 0) is 37.7 Å². The average Bonchev–Trinajstić information content (AvgIpc) is 2.99. The molecule has 7 atom stereocenters. The van der Waals surface area contributed by atoms with Gasteiger partial charge in [0.25, 0.3) is 0 Å². The van der Waals surface area contributed by atoms with Crippen LogP contribution in [0.5, 0.6) is 0 Å². The van der Waals surface area contributed by atoms with Crippen LogP contribution in [0.4, 0.5) is 0 Å². The minimum Gasteiger partial charge on any atom is -0.463 e. The summed E-state index contributed by atoms with van der Waals surface area (Å²) in [6, 6.07) is 0. The molecule has 0 unspecified atom stereocenters. The molecule has 4 aliphatic rings. The van der Waals surface area contributed by atoms with Crippen molar-refractivity contribution in [3.05, 3.63) is 48.1 Å². The zero-order valence-corrected chi connectivity index (χ0v) is 20.5. The van der Waals surface area contributed by atoms with Gasteiger partial charge in [0.05, 0.1) is 18.8 Å². The number of ether oxygens (including phenoxy) is 4. The van der Waals surface area contributed by atoms with E-state index < -0.39 is 46.9 Å². The number of fused-ring (bicyclic) bond motifs is 1. The number of hydrogen-bond donors (Lipinski definition) is 1. The molecule has 1 N–H and O–H groups in total.